The van der Waals surface area contributed by atoms with Crippen molar-refractivity contribution in [1.82, 2.24) is 0 Å². The smallest absolute Gasteiger partial charge is 0.119 e. The van der Waals surface area contributed by atoms with Crippen molar-refractivity contribution in [3.8, 4) is 5.75 Å². The number of aryl methyl sites for hydroxylation is 2. The lowest BCUT2D eigenvalue weighted by Crippen LogP contribution is -2.11. The predicted molar refractivity (Wildman–Crippen MR) is 79.8 cm³/mol. The number of aliphatic hydroxyl groups is 1. The molecule has 1 aliphatic rings. The average molecular weight is 269 g/mol. The molecule has 1 unspecified atom stereocenters. The highest BCUT2D eigenvalue weighted by Crippen LogP contribution is 2.27. The van der Waals surface area contributed by atoms with Crippen LogP contribution in [0.4, 0.5) is 5.69 Å². The van der Waals surface area contributed by atoms with Gasteiger partial charge < -0.3 is 15.6 Å². The number of benzene rings is 2. The van der Waals surface area contributed by atoms with Gasteiger partial charge in [0.05, 0.1) is 0 Å². The monoisotopic (exact) mass is 269 g/mol. The molecule has 0 fully saturated rings. The summed E-state index contributed by atoms with van der Waals surface area (Å²) in [6, 6.07) is 13.5. The summed E-state index contributed by atoms with van der Waals surface area (Å²) in [5.41, 5.74) is 9.95. The number of anilines is 1. The van der Waals surface area contributed by atoms with E-state index < -0.39 is 6.10 Å². The van der Waals surface area contributed by atoms with Gasteiger partial charge in [-0.15, -0.1) is 0 Å². The summed E-state index contributed by atoms with van der Waals surface area (Å²) in [7, 11) is 0. The third-order valence-corrected chi connectivity index (χ3v) is 3.83. The van der Waals surface area contributed by atoms with Crippen LogP contribution in [-0.4, -0.2) is 11.7 Å². The molecule has 3 N–H and O–H groups in total. The molecule has 0 radical (unpaired) electrons. The highest BCUT2D eigenvalue weighted by Gasteiger charge is 2.14. The van der Waals surface area contributed by atoms with E-state index in [0.717, 1.165) is 12.2 Å². The highest BCUT2D eigenvalue weighted by atomic mass is 16.5. The molecule has 20 heavy (non-hydrogen) atoms. The van der Waals surface area contributed by atoms with Gasteiger partial charge in [0.15, 0.2) is 0 Å². The van der Waals surface area contributed by atoms with E-state index in [0.29, 0.717) is 11.3 Å². The van der Waals surface area contributed by atoms with Gasteiger partial charge in [0.25, 0.3) is 0 Å². The lowest BCUT2D eigenvalue weighted by atomic mass is 10.1. The van der Waals surface area contributed by atoms with E-state index in [1.165, 1.54) is 24.0 Å². The van der Waals surface area contributed by atoms with E-state index in [-0.39, 0.29) is 6.61 Å². The first-order valence-corrected chi connectivity index (χ1v) is 7.01. The van der Waals surface area contributed by atoms with Crippen LogP contribution in [0.2, 0.25) is 0 Å². The van der Waals surface area contributed by atoms with Crippen LogP contribution in [0.5, 0.6) is 5.75 Å². The molecule has 0 aliphatic heterocycles. The van der Waals surface area contributed by atoms with Gasteiger partial charge in [-0.3, -0.25) is 0 Å². The first kappa shape index (κ1) is 13.0. The maximum atomic E-state index is 10.2. The minimum Gasteiger partial charge on any atom is -0.491 e. The fraction of sp³-hybridized carbons (Fsp3) is 0.294. The summed E-state index contributed by atoms with van der Waals surface area (Å²) in [5.74, 6) is 0.819. The number of para-hydroxylation sites is 1. The molecular weight excluding hydrogens is 250 g/mol. The summed E-state index contributed by atoms with van der Waals surface area (Å²) in [6.45, 7) is 0.215. The Labute approximate surface area is 119 Å². The van der Waals surface area contributed by atoms with Crippen LogP contribution < -0.4 is 10.5 Å². The largest absolute Gasteiger partial charge is 0.491 e. The lowest BCUT2D eigenvalue weighted by molar-refractivity contribution is 0.109. The number of hydrogen-bond acceptors (Lipinski definition) is 3. The van der Waals surface area contributed by atoms with Gasteiger partial charge in [0.1, 0.15) is 18.5 Å². The molecule has 0 amide bonds. The van der Waals surface area contributed by atoms with Crippen LogP contribution in [0.1, 0.15) is 29.2 Å². The number of hydrogen-bond donors (Lipinski definition) is 2. The van der Waals surface area contributed by atoms with Gasteiger partial charge >= 0.3 is 0 Å². The van der Waals surface area contributed by atoms with Crippen molar-refractivity contribution in [3.63, 3.8) is 0 Å². The molecule has 0 saturated heterocycles. The van der Waals surface area contributed by atoms with Crippen molar-refractivity contribution >= 4 is 5.69 Å². The van der Waals surface area contributed by atoms with Gasteiger partial charge in [-0.1, -0.05) is 24.3 Å². The summed E-state index contributed by atoms with van der Waals surface area (Å²) >= 11 is 0. The van der Waals surface area contributed by atoms with Crippen molar-refractivity contribution in [2.45, 2.75) is 25.4 Å². The fourth-order valence-corrected chi connectivity index (χ4v) is 2.72. The van der Waals surface area contributed by atoms with E-state index in [1.54, 1.807) is 6.07 Å². The SMILES string of the molecule is Nc1ccccc1C(O)COc1ccc2c(c1)CCC2. The van der Waals surface area contributed by atoms with Crippen molar-refractivity contribution in [2.75, 3.05) is 12.3 Å². The van der Waals surface area contributed by atoms with Gasteiger partial charge in [0.2, 0.25) is 0 Å². The van der Waals surface area contributed by atoms with Crippen LogP contribution in [0.3, 0.4) is 0 Å². The Balaban J connectivity index is 1.66. The second kappa shape index (κ2) is 5.55. The van der Waals surface area contributed by atoms with Crippen molar-refractivity contribution in [1.29, 1.82) is 0 Å². The predicted octanol–water partition coefficient (Wildman–Crippen LogP) is 2.87. The zero-order valence-corrected chi connectivity index (χ0v) is 11.4. The second-order valence-electron chi connectivity index (χ2n) is 5.24. The zero-order valence-electron chi connectivity index (χ0n) is 11.4. The lowest BCUT2D eigenvalue weighted by Gasteiger charge is -2.15. The molecule has 0 heterocycles. The molecular formula is C17H19NO2. The fourth-order valence-electron chi connectivity index (χ4n) is 2.72. The Kier molecular flexibility index (Phi) is 3.61. The molecule has 0 bridgehead atoms. The molecule has 2 aromatic carbocycles. The minimum absolute atomic E-state index is 0.215. The molecule has 2 aromatic rings. The number of nitrogen functional groups attached to an aromatic ring is 1. The molecule has 3 nitrogen and oxygen atoms in total. The second-order valence-corrected chi connectivity index (χ2v) is 5.24. The zero-order chi connectivity index (χ0) is 13.9. The van der Waals surface area contributed by atoms with Gasteiger partial charge in [-0.05, 0) is 48.6 Å². The Bertz CT molecular complexity index is 610. The van der Waals surface area contributed by atoms with Crippen LogP contribution in [0.25, 0.3) is 0 Å². The van der Waals surface area contributed by atoms with E-state index in [2.05, 4.69) is 12.1 Å². The maximum absolute atomic E-state index is 10.2. The molecule has 104 valence electrons. The quantitative estimate of drug-likeness (QED) is 0.839. The van der Waals surface area contributed by atoms with Gasteiger partial charge in [-0.2, -0.15) is 0 Å². The topological polar surface area (TPSA) is 55.5 Å². The standard InChI is InChI=1S/C17H19NO2/c18-16-7-2-1-6-15(16)17(19)11-20-14-9-8-12-4-3-5-13(12)10-14/h1-2,6-10,17,19H,3-5,11,18H2. The van der Waals surface area contributed by atoms with Crippen molar-refractivity contribution in [2.24, 2.45) is 0 Å². The third-order valence-electron chi connectivity index (χ3n) is 3.83. The number of nitrogens with two attached hydrogens (primary N) is 1. The number of fused-ring (bicyclic) bond motifs is 1. The first-order chi connectivity index (χ1) is 9.74. The summed E-state index contributed by atoms with van der Waals surface area (Å²) in [5, 5.41) is 10.2. The Morgan fingerprint density at radius 2 is 1.90 bits per heavy atom. The highest BCUT2D eigenvalue weighted by molar-refractivity contribution is 5.47. The van der Waals surface area contributed by atoms with E-state index in [1.807, 2.05) is 24.3 Å². The molecule has 3 rings (SSSR count). The molecule has 1 aliphatic carbocycles. The van der Waals surface area contributed by atoms with E-state index in [9.17, 15) is 5.11 Å². The summed E-state index contributed by atoms with van der Waals surface area (Å²) in [6.07, 6.45) is 2.81. The van der Waals surface area contributed by atoms with Crippen LogP contribution in [0.15, 0.2) is 42.5 Å². The van der Waals surface area contributed by atoms with Gasteiger partial charge in [0, 0.05) is 11.3 Å². The third kappa shape index (κ3) is 2.63. The van der Waals surface area contributed by atoms with E-state index in [4.69, 9.17) is 10.5 Å². The number of ether oxygens (including phenoxy) is 1. The van der Waals surface area contributed by atoms with Crippen LogP contribution in [0, 0.1) is 0 Å². The molecule has 0 saturated carbocycles. The summed E-state index contributed by atoms with van der Waals surface area (Å²) < 4.78 is 5.70. The minimum atomic E-state index is -0.704. The Morgan fingerprint density at radius 1 is 1.10 bits per heavy atom. The molecule has 3 heteroatoms. The molecule has 0 spiro atoms. The van der Waals surface area contributed by atoms with E-state index >= 15 is 0 Å². The Hall–Kier alpha value is -2.00. The summed E-state index contributed by atoms with van der Waals surface area (Å²) in [4.78, 5) is 0. The maximum Gasteiger partial charge on any atom is 0.119 e. The van der Waals surface area contributed by atoms with Crippen molar-refractivity contribution < 1.29 is 9.84 Å². The molecule has 1 atom stereocenters. The van der Waals surface area contributed by atoms with Crippen LogP contribution in [-0.2, 0) is 12.8 Å². The average Bonchev–Trinajstić information content (AvgIpc) is 2.92. The first-order valence-electron chi connectivity index (χ1n) is 7.01. The Morgan fingerprint density at radius 3 is 2.75 bits per heavy atom. The van der Waals surface area contributed by atoms with Crippen molar-refractivity contribution in [3.05, 3.63) is 59.2 Å². The normalized spacial score (nSPS) is 14.8. The number of rotatable bonds is 4. The van der Waals surface area contributed by atoms with Gasteiger partial charge in [-0.25, -0.2) is 0 Å². The molecule has 0 aromatic heterocycles. The number of aliphatic hydroxyl groups excluding tert-OH is 1. The van der Waals surface area contributed by atoms with Crippen LogP contribution >= 0.6 is 0 Å².